The Balaban J connectivity index is 2.34. The van der Waals surface area contributed by atoms with Gasteiger partial charge in [-0.05, 0) is 6.07 Å². The van der Waals surface area contributed by atoms with E-state index in [1.807, 2.05) is 0 Å². The van der Waals surface area contributed by atoms with Gasteiger partial charge in [-0.3, -0.25) is 19.9 Å². The first kappa shape index (κ1) is 12.0. The molecule has 1 amide bonds. The Morgan fingerprint density at radius 1 is 1.50 bits per heavy atom. The van der Waals surface area contributed by atoms with Crippen molar-refractivity contribution in [2.45, 2.75) is 0 Å². The average molecular weight is 265 g/mol. The third-order valence-corrected chi connectivity index (χ3v) is 2.88. The van der Waals surface area contributed by atoms with Crippen molar-refractivity contribution < 1.29 is 14.8 Å². The third kappa shape index (κ3) is 2.28. The van der Waals surface area contributed by atoms with Crippen LogP contribution in [0, 0.1) is 10.1 Å². The molecule has 0 aliphatic rings. The van der Waals surface area contributed by atoms with Gasteiger partial charge in [-0.1, -0.05) is 6.07 Å². The van der Waals surface area contributed by atoms with Crippen LogP contribution < -0.4 is 5.32 Å². The molecule has 2 aromatic rings. The van der Waals surface area contributed by atoms with Gasteiger partial charge in [0, 0.05) is 6.07 Å². The number of aromatic hydroxyl groups is 1. The molecule has 7 nitrogen and oxygen atoms in total. The lowest BCUT2D eigenvalue weighted by atomic mass is 10.2. The predicted molar refractivity (Wildman–Crippen MR) is 64.8 cm³/mol. The second-order valence-corrected chi connectivity index (χ2v) is 4.13. The summed E-state index contributed by atoms with van der Waals surface area (Å²) in [6.07, 6.45) is 1.34. The molecule has 0 fully saturated rings. The zero-order valence-electron chi connectivity index (χ0n) is 8.86. The fraction of sp³-hybridized carbons (Fsp3) is 0. The highest BCUT2D eigenvalue weighted by atomic mass is 32.1. The summed E-state index contributed by atoms with van der Waals surface area (Å²) in [4.78, 5) is 25.8. The molecule has 1 heterocycles. The van der Waals surface area contributed by atoms with Crippen molar-refractivity contribution in [3.8, 4) is 5.75 Å². The minimum Gasteiger partial charge on any atom is -0.505 e. The molecule has 0 unspecified atom stereocenters. The van der Waals surface area contributed by atoms with E-state index in [1.165, 1.54) is 29.9 Å². The number of aromatic nitrogens is 1. The summed E-state index contributed by atoms with van der Waals surface area (Å²) < 4.78 is 0. The molecule has 18 heavy (non-hydrogen) atoms. The zero-order chi connectivity index (χ0) is 13.1. The smallest absolute Gasteiger partial charge is 0.296 e. The van der Waals surface area contributed by atoms with Crippen molar-refractivity contribution in [2.75, 3.05) is 5.32 Å². The first-order valence-electron chi connectivity index (χ1n) is 4.76. The molecule has 1 aromatic heterocycles. The van der Waals surface area contributed by atoms with E-state index >= 15 is 0 Å². The van der Waals surface area contributed by atoms with E-state index in [4.69, 9.17) is 0 Å². The highest BCUT2D eigenvalue weighted by molar-refractivity contribution is 7.11. The van der Waals surface area contributed by atoms with Crippen molar-refractivity contribution in [2.24, 2.45) is 0 Å². The number of nitrogens with zero attached hydrogens (tertiary/aromatic N) is 2. The van der Waals surface area contributed by atoms with Gasteiger partial charge in [0.05, 0.1) is 16.6 Å². The van der Waals surface area contributed by atoms with Gasteiger partial charge >= 0.3 is 0 Å². The van der Waals surface area contributed by atoms with E-state index in [0.29, 0.717) is 4.88 Å². The number of phenols is 1. The van der Waals surface area contributed by atoms with Crippen LogP contribution in [-0.4, -0.2) is 20.9 Å². The SMILES string of the molecule is O=C(Nc1c(O)cccc1[N+](=O)[O-])c1cncs1. The Morgan fingerprint density at radius 2 is 2.28 bits per heavy atom. The molecule has 0 spiro atoms. The summed E-state index contributed by atoms with van der Waals surface area (Å²) in [6.45, 7) is 0. The van der Waals surface area contributed by atoms with Gasteiger partial charge in [0.2, 0.25) is 0 Å². The molecule has 8 heteroatoms. The lowest BCUT2D eigenvalue weighted by Gasteiger charge is -2.06. The van der Waals surface area contributed by atoms with Crippen LogP contribution in [0.4, 0.5) is 11.4 Å². The summed E-state index contributed by atoms with van der Waals surface area (Å²) in [7, 11) is 0. The highest BCUT2D eigenvalue weighted by Crippen LogP contribution is 2.33. The number of hydrogen-bond acceptors (Lipinski definition) is 6. The molecule has 0 saturated carbocycles. The predicted octanol–water partition coefficient (Wildman–Crippen LogP) is 2.01. The zero-order valence-corrected chi connectivity index (χ0v) is 9.68. The van der Waals surface area contributed by atoms with Gasteiger partial charge in [-0.2, -0.15) is 0 Å². The average Bonchev–Trinajstić information content (AvgIpc) is 2.85. The molecule has 0 saturated heterocycles. The number of anilines is 1. The maximum atomic E-state index is 11.7. The van der Waals surface area contributed by atoms with Crippen LogP contribution in [-0.2, 0) is 0 Å². The van der Waals surface area contributed by atoms with Gasteiger partial charge < -0.3 is 10.4 Å². The van der Waals surface area contributed by atoms with Crippen molar-refractivity contribution in [3.63, 3.8) is 0 Å². The molecule has 0 aliphatic carbocycles. The van der Waals surface area contributed by atoms with E-state index in [0.717, 1.165) is 11.3 Å². The number of amides is 1. The standard InChI is InChI=1S/C10H7N3O4S/c14-7-3-1-2-6(13(16)17)9(7)12-10(15)8-4-11-5-18-8/h1-5,14H,(H,12,15). The Hall–Kier alpha value is -2.48. The fourth-order valence-corrected chi connectivity index (χ4v) is 1.83. The van der Waals surface area contributed by atoms with Gasteiger partial charge in [-0.25, -0.2) is 0 Å². The molecule has 2 rings (SSSR count). The van der Waals surface area contributed by atoms with Crippen molar-refractivity contribution >= 4 is 28.6 Å². The second-order valence-electron chi connectivity index (χ2n) is 3.25. The molecule has 92 valence electrons. The highest BCUT2D eigenvalue weighted by Gasteiger charge is 2.20. The van der Waals surface area contributed by atoms with Crippen LogP contribution >= 0.6 is 11.3 Å². The molecule has 0 aliphatic heterocycles. The van der Waals surface area contributed by atoms with E-state index in [-0.39, 0.29) is 17.1 Å². The molecular weight excluding hydrogens is 258 g/mol. The summed E-state index contributed by atoms with van der Waals surface area (Å²) in [6, 6.07) is 3.78. The van der Waals surface area contributed by atoms with E-state index in [9.17, 15) is 20.0 Å². The number of nitro benzene ring substituents is 1. The third-order valence-electron chi connectivity index (χ3n) is 2.11. The van der Waals surface area contributed by atoms with E-state index in [1.54, 1.807) is 0 Å². The van der Waals surface area contributed by atoms with Crippen LogP contribution in [0.5, 0.6) is 5.75 Å². The number of carbonyl (C=O) groups excluding carboxylic acids is 1. The lowest BCUT2D eigenvalue weighted by Crippen LogP contribution is -2.11. The Labute approximate surface area is 105 Å². The van der Waals surface area contributed by atoms with Gasteiger partial charge in [0.1, 0.15) is 10.6 Å². The van der Waals surface area contributed by atoms with Gasteiger partial charge in [-0.15, -0.1) is 11.3 Å². The number of carbonyl (C=O) groups is 1. The van der Waals surface area contributed by atoms with Crippen LogP contribution in [0.3, 0.4) is 0 Å². The molecule has 0 radical (unpaired) electrons. The number of benzene rings is 1. The van der Waals surface area contributed by atoms with Crippen LogP contribution in [0.1, 0.15) is 9.67 Å². The second kappa shape index (κ2) is 4.80. The summed E-state index contributed by atoms with van der Waals surface area (Å²) in [5, 5.41) is 22.6. The van der Waals surface area contributed by atoms with Crippen LogP contribution in [0.2, 0.25) is 0 Å². The number of rotatable bonds is 3. The number of hydrogen-bond donors (Lipinski definition) is 2. The topological polar surface area (TPSA) is 105 Å². The number of para-hydroxylation sites is 1. The summed E-state index contributed by atoms with van der Waals surface area (Å²) >= 11 is 1.10. The van der Waals surface area contributed by atoms with E-state index < -0.39 is 10.8 Å². The number of nitrogens with one attached hydrogen (secondary N) is 1. The minimum atomic E-state index is -0.679. The monoisotopic (exact) mass is 265 g/mol. The van der Waals surface area contributed by atoms with Gasteiger partial charge in [0.15, 0.2) is 5.69 Å². The maximum absolute atomic E-state index is 11.7. The molecule has 0 bridgehead atoms. The summed E-state index contributed by atoms with van der Waals surface area (Å²) in [5.41, 5.74) is 0.877. The fourth-order valence-electron chi connectivity index (χ4n) is 1.31. The van der Waals surface area contributed by atoms with Crippen LogP contribution in [0.15, 0.2) is 29.9 Å². The Morgan fingerprint density at radius 3 is 2.89 bits per heavy atom. The van der Waals surface area contributed by atoms with Crippen molar-refractivity contribution in [1.82, 2.24) is 4.98 Å². The van der Waals surface area contributed by atoms with Crippen LogP contribution in [0.25, 0.3) is 0 Å². The quantitative estimate of drug-likeness (QED) is 0.501. The largest absolute Gasteiger partial charge is 0.505 e. The summed E-state index contributed by atoms with van der Waals surface area (Å²) in [5.74, 6) is -0.913. The molecule has 2 N–H and O–H groups in total. The Bertz CT molecular complexity index is 597. The van der Waals surface area contributed by atoms with Crippen molar-refractivity contribution in [3.05, 3.63) is 44.9 Å². The number of nitro groups is 1. The lowest BCUT2D eigenvalue weighted by molar-refractivity contribution is -0.384. The number of thiazole rings is 1. The molecule has 0 atom stereocenters. The van der Waals surface area contributed by atoms with E-state index in [2.05, 4.69) is 10.3 Å². The first-order chi connectivity index (χ1) is 8.59. The van der Waals surface area contributed by atoms with Crippen molar-refractivity contribution in [1.29, 1.82) is 0 Å². The Kier molecular flexibility index (Phi) is 3.20. The minimum absolute atomic E-state index is 0.221. The molecular formula is C10H7N3O4S. The van der Waals surface area contributed by atoms with Gasteiger partial charge in [0.25, 0.3) is 11.6 Å². The first-order valence-corrected chi connectivity index (χ1v) is 5.64. The maximum Gasteiger partial charge on any atom is 0.296 e. The normalized spacial score (nSPS) is 10.0. The number of phenolic OH excluding ortho intramolecular Hbond substituents is 1. The molecule has 1 aromatic carbocycles.